The van der Waals surface area contributed by atoms with Crippen molar-refractivity contribution in [1.82, 2.24) is 5.32 Å². The van der Waals surface area contributed by atoms with Crippen molar-refractivity contribution in [2.75, 3.05) is 26.4 Å². The fourth-order valence-corrected chi connectivity index (χ4v) is 1.63. The van der Waals surface area contributed by atoms with Crippen LogP contribution in [-0.2, 0) is 9.47 Å². The second-order valence-corrected chi connectivity index (χ2v) is 5.21. The zero-order chi connectivity index (χ0) is 11.1. The first-order valence-corrected chi connectivity index (χ1v) is 6.02. The van der Waals surface area contributed by atoms with Crippen molar-refractivity contribution in [2.24, 2.45) is 0 Å². The number of hydrogen-bond acceptors (Lipinski definition) is 3. The van der Waals surface area contributed by atoms with E-state index in [4.69, 9.17) is 9.47 Å². The Labute approximate surface area is 93.5 Å². The monoisotopic (exact) mass is 215 g/mol. The van der Waals surface area contributed by atoms with Gasteiger partial charge < -0.3 is 14.8 Å². The molecular weight excluding hydrogens is 190 g/mol. The Morgan fingerprint density at radius 3 is 2.53 bits per heavy atom. The van der Waals surface area contributed by atoms with E-state index in [2.05, 4.69) is 26.1 Å². The molecule has 1 aliphatic rings. The molecule has 0 aliphatic carbocycles. The molecule has 0 aromatic rings. The molecule has 1 saturated heterocycles. The van der Waals surface area contributed by atoms with Gasteiger partial charge in [-0.2, -0.15) is 0 Å². The van der Waals surface area contributed by atoms with Gasteiger partial charge in [-0.25, -0.2) is 0 Å². The molecule has 0 saturated carbocycles. The second-order valence-electron chi connectivity index (χ2n) is 5.21. The minimum atomic E-state index is 0.221. The van der Waals surface area contributed by atoms with E-state index >= 15 is 0 Å². The molecule has 1 N–H and O–H groups in total. The third-order valence-corrected chi connectivity index (χ3v) is 2.50. The van der Waals surface area contributed by atoms with Gasteiger partial charge in [0.2, 0.25) is 0 Å². The van der Waals surface area contributed by atoms with Crippen molar-refractivity contribution in [3.05, 3.63) is 0 Å². The Bertz CT molecular complexity index is 159. The number of hydrogen-bond donors (Lipinski definition) is 1. The van der Waals surface area contributed by atoms with Crippen molar-refractivity contribution < 1.29 is 9.47 Å². The third kappa shape index (κ3) is 6.88. The Morgan fingerprint density at radius 1 is 1.27 bits per heavy atom. The van der Waals surface area contributed by atoms with Crippen LogP contribution in [0.3, 0.4) is 0 Å². The summed E-state index contributed by atoms with van der Waals surface area (Å²) in [5, 5.41) is 3.45. The quantitative estimate of drug-likeness (QED) is 0.711. The number of nitrogens with one attached hydrogen (secondary N) is 1. The molecule has 15 heavy (non-hydrogen) atoms. The summed E-state index contributed by atoms with van der Waals surface area (Å²) in [5.74, 6) is 0. The summed E-state index contributed by atoms with van der Waals surface area (Å²) in [6, 6.07) is 0. The van der Waals surface area contributed by atoms with Gasteiger partial charge in [0.15, 0.2) is 0 Å². The maximum Gasteiger partial charge on any atom is 0.0619 e. The van der Waals surface area contributed by atoms with E-state index in [1.54, 1.807) is 0 Å². The van der Waals surface area contributed by atoms with Gasteiger partial charge in [0.25, 0.3) is 0 Å². The summed E-state index contributed by atoms with van der Waals surface area (Å²) >= 11 is 0. The highest BCUT2D eigenvalue weighted by Gasteiger charge is 2.13. The standard InChI is InChI=1S/C12H25NO2/c1-12(2,3)13-7-4-8-15-11-5-9-14-10-6-11/h11,13H,4-10H2,1-3H3. The molecule has 3 heteroatoms. The van der Waals surface area contributed by atoms with Crippen LogP contribution >= 0.6 is 0 Å². The van der Waals surface area contributed by atoms with E-state index in [9.17, 15) is 0 Å². The van der Waals surface area contributed by atoms with Crippen molar-refractivity contribution in [2.45, 2.75) is 51.7 Å². The molecule has 3 nitrogen and oxygen atoms in total. The van der Waals surface area contributed by atoms with Gasteiger partial charge in [0.05, 0.1) is 6.10 Å². The highest BCUT2D eigenvalue weighted by atomic mass is 16.5. The Hall–Kier alpha value is -0.120. The lowest BCUT2D eigenvalue weighted by atomic mass is 10.1. The lowest BCUT2D eigenvalue weighted by molar-refractivity contribution is -0.0323. The Kier molecular flexibility index (Phi) is 5.58. The summed E-state index contributed by atoms with van der Waals surface area (Å²) in [6.07, 6.45) is 3.65. The first-order valence-electron chi connectivity index (χ1n) is 6.02. The topological polar surface area (TPSA) is 30.5 Å². The van der Waals surface area contributed by atoms with Gasteiger partial charge in [0.1, 0.15) is 0 Å². The minimum absolute atomic E-state index is 0.221. The maximum absolute atomic E-state index is 5.78. The predicted octanol–water partition coefficient (Wildman–Crippen LogP) is 1.96. The maximum atomic E-state index is 5.78. The van der Waals surface area contributed by atoms with Crippen molar-refractivity contribution in [3.8, 4) is 0 Å². The molecule has 0 amide bonds. The first-order chi connectivity index (χ1) is 7.08. The fraction of sp³-hybridized carbons (Fsp3) is 1.00. The lowest BCUT2D eigenvalue weighted by Gasteiger charge is -2.23. The SMILES string of the molecule is CC(C)(C)NCCCOC1CCOCC1. The Morgan fingerprint density at radius 2 is 1.93 bits per heavy atom. The molecule has 1 aliphatic heterocycles. The summed E-state index contributed by atoms with van der Waals surface area (Å²) < 4.78 is 11.1. The smallest absolute Gasteiger partial charge is 0.0619 e. The van der Waals surface area contributed by atoms with Crippen molar-refractivity contribution in [3.63, 3.8) is 0 Å². The number of rotatable bonds is 5. The zero-order valence-electron chi connectivity index (χ0n) is 10.3. The van der Waals surface area contributed by atoms with Crippen LogP contribution < -0.4 is 5.32 Å². The van der Waals surface area contributed by atoms with Crippen LogP contribution in [-0.4, -0.2) is 38.0 Å². The molecule has 0 unspecified atom stereocenters. The highest BCUT2D eigenvalue weighted by molar-refractivity contribution is 4.69. The molecule has 90 valence electrons. The van der Waals surface area contributed by atoms with Gasteiger partial charge in [-0.1, -0.05) is 0 Å². The van der Waals surface area contributed by atoms with Crippen LogP contribution in [0.4, 0.5) is 0 Å². The van der Waals surface area contributed by atoms with Gasteiger partial charge in [-0.3, -0.25) is 0 Å². The molecular formula is C12H25NO2. The van der Waals surface area contributed by atoms with Gasteiger partial charge in [-0.05, 0) is 46.6 Å². The van der Waals surface area contributed by atoms with E-state index in [-0.39, 0.29) is 5.54 Å². The average molecular weight is 215 g/mol. The molecule has 0 spiro atoms. The minimum Gasteiger partial charge on any atom is -0.381 e. The Balaban J connectivity index is 1.92. The van der Waals surface area contributed by atoms with Crippen LogP contribution in [0.5, 0.6) is 0 Å². The molecule has 0 radical (unpaired) electrons. The van der Waals surface area contributed by atoms with Crippen molar-refractivity contribution in [1.29, 1.82) is 0 Å². The van der Waals surface area contributed by atoms with Gasteiger partial charge in [0, 0.05) is 25.4 Å². The molecule has 1 rings (SSSR count). The summed E-state index contributed by atoms with van der Waals surface area (Å²) in [4.78, 5) is 0. The molecule has 0 bridgehead atoms. The number of ether oxygens (including phenoxy) is 2. The third-order valence-electron chi connectivity index (χ3n) is 2.50. The predicted molar refractivity (Wildman–Crippen MR) is 62.2 cm³/mol. The normalized spacial score (nSPS) is 19.4. The zero-order valence-corrected chi connectivity index (χ0v) is 10.3. The molecule has 0 aromatic heterocycles. The van der Waals surface area contributed by atoms with Crippen LogP contribution in [0, 0.1) is 0 Å². The summed E-state index contributed by atoms with van der Waals surface area (Å²) in [6.45, 7) is 10.2. The van der Waals surface area contributed by atoms with Gasteiger partial charge in [-0.15, -0.1) is 0 Å². The summed E-state index contributed by atoms with van der Waals surface area (Å²) in [7, 11) is 0. The van der Waals surface area contributed by atoms with E-state index in [0.29, 0.717) is 6.10 Å². The van der Waals surface area contributed by atoms with Crippen LogP contribution in [0.1, 0.15) is 40.0 Å². The largest absolute Gasteiger partial charge is 0.381 e. The van der Waals surface area contributed by atoms with Crippen LogP contribution in [0.2, 0.25) is 0 Å². The van der Waals surface area contributed by atoms with Crippen LogP contribution in [0.25, 0.3) is 0 Å². The van der Waals surface area contributed by atoms with E-state index in [0.717, 1.165) is 45.6 Å². The molecule has 0 atom stereocenters. The second kappa shape index (κ2) is 6.46. The fourth-order valence-electron chi connectivity index (χ4n) is 1.63. The van der Waals surface area contributed by atoms with Crippen molar-refractivity contribution >= 4 is 0 Å². The highest BCUT2D eigenvalue weighted by Crippen LogP contribution is 2.10. The van der Waals surface area contributed by atoms with Gasteiger partial charge >= 0.3 is 0 Å². The molecule has 0 aromatic carbocycles. The molecule has 1 fully saturated rings. The van der Waals surface area contributed by atoms with E-state index in [1.807, 2.05) is 0 Å². The van der Waals surface area contributed by atoms with E-state index in [1.165, 1.54) is 0 Å². The average Bonchev–Trinajstić information content (AvgIpc) is 2.17. The molecule has 1 heterocycles. The van der Waals surface area contributed by atoms with Crippen LogP contribution in [0.15, 0.2) is 0 Å². The lowest BCUT2D eigenvalue weighted by Crippen LogP contribution is -2.37. The summed E-state index contributed by atoms with van der Waals surface area (Å²) in [5.41, 5.74) is 0.221. The van der Waals surface area contributed by atoms with E-state index < -0.39 is 0 Å². The first kappa shape index (κ1) is 12.9.